The number of fused-ring (bicyclic) bond motifs is 1. The van der Waals surface area contributed by atoms with Crippen molar-refractivity contribution in [1.29, 1.82) is 0 Å². The van der Waals surface area contributed by atoms with Crippen LogP contribution in [0.4, 0.5) is 4.79 Å². The Morgan fingerprint density at radius 3 is 2.50 bits per heavy atom. The molecular weight excluding hydrogens is 360 g/mol. The topological polar surface area (TPSA) is 104 Å². The lowest BCUT2D eigenvalue weighted by atomic mass is 10.2. The second kappa shape index (κ2) is 6.27. The lowest BCUT2D eigenvalue weighted by Crippen LogP contribution is -2.33. The summed E-state index contributed by atoms with van der Waals surface area (Å²) in [4.78, 5) is 17.5. The number of amides is 1. The van der Waals surface area contributed by atoms with Crippen LogP contribution in [-0.4, -0.2) is 46.3 Å². The minimum atomic E-state index is -3.86. The molecule has 0 spiro atoms. The number of methoxy groups -OCH3 is 1. The first kappa shape index (κ1) is 18.2. The molecule has 3 rings (SSSR count). The van der Waals surface area contributed by atoms with Crippen molar-refractivity contribution in [3.05, 3.63) is 35.8 Å². The number of carbonyl (C=O) groups excluding carboxylic acids is 1. The molecule has 2 aromatic rings. The summed E-state index contributed by atoms with van der Waals surface area (Å²) in [5.74, 6) is 0.319. The van der Waals surface area contributed by atoms with Gasteiger partial charge in [0, 0.05) is 17.8 Å². The zero-order valence-electron chi connectivity index (χ0n) is 15.0. The Morgan fingerprint density at radius 2 is 1.96 bits per heavy atom. The van der Waals surface area contributed by atoms with Crippen molar-refractivity contribution in [2.24, 2.45) is 0 Å². The maximum atomic E-state index is 12.7. The minimum absolute atomic E-state index is 0.00321. The zero-order valence-corrected chi connectivity index (χ0v) is 15.8. The maximum Gasteiger partial charge on any atom is 0.410 e. The fourth-order valence-electron chi connectivity index (χ4n) is 2.45. The second-order valence-corrected chi connectivity index (χ2v) is 8.65. The monoisotopic (exact) mass is 380 g/mol. The van der Waals surface area contributed by atoms with E-state index in [1.54, 1.807) is 20.8 Å². The lowest BCUT2D eigenvalue weighted by Gasteiger charge is -2.24. The molecule has 0 aromatic carbocycles. The highest BCUT2D eigenvalue weighted by molar-refractivity contribution is 7.89. The van der Waals surface area contributed by atoms with Crippen LogP contribution in [0.25, 0.3) is 0 Å². The minimum Gasteiger partial charge on any atom is -0.481 e. The first-order valence-electron chi connectivity index (χ1n) is 7.91. The molecule has 0 radical (unpaired) electrons. The van der Waals surface area contributed by atoms with Gasteiger partial charge in [0.25, 0.3) is 10.0 Å². The summed E-state index contributed by atoms with van der Waals surface area (Å²) in [7, 11) is -2.41. The summed E-state index contributed by atoms with van der Waals surface area (Å²) < 4.78 is 36.5. The van der Waals surface area contributed by atoms with Crippen LogP contribution in [0.15, 0.2) is 29.4 Å². The van der Waals surface area contributed by atoms with Crippen LogP contribution in [0.2, 0.25) is 0 Å². The van der Waals surface area contributed by atoms with Crippen LogP contribution in [0.3, 0.4) is 0 Å². The predicted octanol–water partition coefficient (Wildman–Crippen LogP) is 1.77. The molecule has 10 heteroatoms. The Balaban J connectivity index is 1.78. The van der Waals surface area contributed by atoms with Crippen molar-refractivity contribution in [1.82, 2.24) is 19.1 Å². The molecule has 9 nitrogen and oxygen atoms in total. The number of aromatic nitrogens is 3. The van der Waals surface area contributed by atoms with Crippen LogP contribution in [-0.2, 0) is 27.8 Å². The van der Waals surface area contributed by atoms with Crippen LogP contribution in [0.1, 0.15) is 32.0 Å². The van der Waals surface area contributed by atoms with E-state index in [1.165, 1.54) is 36.5 Å². The van der Waals surface area contributed by atoms with Gasteiger partial charge in [-0.2, -0.15) is 17.6 Å². The third-order valence-electron chi connectivity index (χ3n) is 3.67. The number of hydrogen-bond donors (Lipinski definition) is 0. The normalized spacial score (nSPS) is 14.2. The van der Waals surface area contributed by atoms with Gasteiger partial charge in [0.05, 0.1) is 32.1 Å². The summed E-state index contributed by atoms with van der Waals surface area (Å²) in [6.07, 6.45) is 2.18. The molecule has 2 aromatic heterocycles. The van der Waals surface area contributed by atoms with E-state index >= 15 is 0 Å². The van der Waals surface area contributed by atoms with Gasteiger partial charge in [-0.25, -0.2) is 9.78 Å². The summed E-state index contributed by atoms with van der Waals surface area (Å²) in [5.41, 5.74) is 0.601. The van der Waals surface area contributed by atoms with Crippen molar-refractivity contribution >= 4 is 16.1 Å². The standard InChI is InChI=1S/C16H20N4O5S/c1-16(2,3)25-15(21)19-8-11-9-20(18-13(11)10-19)26(22,23)12-5-6-14(24-4)17-7-12/h5-7,9H,8,10H2,1-4H3. The Kier molecular flexibility index (Phi) is 4.39. The highest BCUT2D eigenvalue weighted by atomic mass is 32.2. The van der Waals surface area contributed by atoms with Crippen molar-refractivity contribution in [2.75, 3.05) is 7.11 Å². The van der Waals surface area contributed by atoms with Crippen LogP contribution >= 0.6 is 0 Å². The Morgan fingerprint density at radius 1 is 1.23 bits per heavy atom. The number of rotatable bonds is 3. The van der Waals surface area contributed by atoms with Crippen molar-refractivity contribution in [3.8, 4) is 5.88 Å². The van der Waals surface area contributed by atoms with Gasteiger partial charge in [-0.1, -0.05) is 0 Å². The molecule has 1 amide bonds. The lowest BCUT2D eigenvalue weighted by molar-refractivity contribution is 0.0239. The zero-order chi connectivity index (χ0) is 19.1. The first-order valence-corrected chi connectivity index (χ1v) is 9.35. The van der Waals surface area contributed by atoms with E-state index < -0.39 is 21.7 Å². The van der Waals surface area contributed by atoms with Gasteiger partial charge in [0.2, 0.25) is 5.88 Å². The van der Waals surface area contributed by atoms with Crippen molar-refractivity contribution in [3.63, 3.8) is 0 Å². The van der Waals surface area contributed by atoms with Gasteiger partial charge < -0.3 is 9.47 Å². The molecule has 0 N–H and O–H groups in total. The average molecular weight is 380 g/mol. The molecule has 0 saturated carbocycles. The SMILES string of the molecule is COc1ccc(S(=O)(=O)n2cc3c(n2)CN(C(=O)OC(C)(C)C)C3)cn1. The number of hydrogen-bond acceptors (Lipinski definition) is 7. The largest absolute Gasteiger partial charge is 0.481 e. The van der Waals surface area contributed by atoms with E-state index in [9.17, 15) is 13.2 Å². The molecule has 1 aliphatic rings. The van der Waals surface area contributed by atoms with E-state index in [1.807, 2.05) is 0 Å². The molecule has 0 fully saturated rings. The number of carbonyl (C=O) groups is 1. The molecule has 3 heterocycles. The fraction of sp³-hybridized carbons (Fsp3) is 0.438. The summed E-state index contributed by atoms with van der Waals surface area (Å²) in [6.45, 7) is 5.82. The van der Waals surface area contributed by atoms with Crippen molar-refractivity contribution in [2.45, 2.75) is 44.4 Å². The maximum absolute atomic E-state index is 12.7. The first-order chi connectivity index (χ1) is 12.1. The van der Waals surface area contributed by atoms with Gasteiger partial charge in [-0.15, -0.1) is 0 Å². The third-order valence-corrected chi connectivity index (χ3v) is 5.19. The summed E-state index contributed by atoms with van der Waals surface area (Å²) in [5, 5.41) is 4.13. The number of nitrogens with zero attached hydrogens (tertiary/aromatic N) is 4. The average Bonchev–Trinajstić information content (AvgIpc) is 3.12. The van der Waals surface area contributed by atoms with E-state index in [4.69, 9.17) is 9.47 Å². The smallest absolute Gasteiger partial charge is 0.410 e. The van der Waals surface area contributed by atoms with E-state index in [0.717, 1.165) is 4.09 Å². The van der Waals surface area contributed by atoms with Gasteiger partial charge in [-0.3, -0.25) is 4.90 Å². The number of ether oxygens (including phenoxy) is 2. The Bertz CT molecular complexity index is 905. The van der Waals surface area contributed by atoms with Crippen LogP contribution < -0.4 is 4.74 Å². The van der Waals surface area contributed by atoms with Crippen molar-refractivity contribution < 1.29 is 22.7 Å². The highest BCUT2D eigenvalue weighted by Crippen LogP contribution is 2.25. The molecule has 0 unspecified atom stereocenters. The molecule has 0 bridgehead atoms. The molecule has 140 valence electrons. The Hall–Kier alpha value is -2.62. The molecule has 0 aliphatic carbocycles. The van der Waals surface area contributed by atoms with Gasteiger partial charge in [-0.05, 0) is 26.8 Å². The fourth-order valence-corrected chi connectivity index (χ4v) is 3.57. The van der Waals surface area contributed by atoms with Crippen LogP contribution in [0, 0.1) is 0 Å². The van der Waals surface area contributed by atoms with E-state index in [2.05, 4.69) is 10.1 Å². The highest BCUT2D eigenvalue weighted by Gasteiger charge is 2.32. The molecule has 0 atom stereocenters. The van der Waals surface area contributed by atoms with E-state index in [-0.39, 0.29) is 18.0 Å². The molecule has 1 aliphatic heterocycles. The second-order valence-electron chi connectivity index (χ2n) is 6.85. The summed E-state index contributed by atoms with van der Waals surface area (Å²) >= 11 is 0. The van der Waals surface area contributed by atoms with Gasteiger partial charge in [0.15, 0.2) is 0 Å². The predicted molar refractivity (Wildman–Crippen MR) is 91.1 cm³/mol. The Labute approximate surface area is 151 Å². The molecule has 26 heavy (non-hydrogen) atoms. The molecular formula is C16H20N4O5S. The number of pyridine rings is 1. The van der Waals surface area contributed by atoms with E-state index in [0.29, 0.717) is 17.1 Å². The third kappa shape index (κ3) is 3.50. The van der Waals surface area contributed by atoms with Gasteiger partial charge in [0.1, 0.15) is 10.5 Å². The van der Waals surface area contributed by atoms with Crippen LogP contribution in [0.5, 0.6) is 5.88 Å². The summed E-state index contributed by atoms with van der Waals surface area (Å²) in [6, 6.07) is 2.87. The van der Waals surface area contributed by atoms with Gasteiger partial charge >= 0.3 is 6.09 Å². The quantitative estimate of drug-likeness (QED) is 0.799. The molecule has 0 saturated heterocycles.